The Morgan fingerprint density at radius 1 is 1.32 bits per heavy atom. The van der Waals surface area contributed by atoms with Gasteiger partial charge >= 0.3 is 5.97 Å². The maximum Gasteiger partial charge on any atom is 0.320 e. The van der Waals surface area contributed by atoms with E-state index in [2.05, 4.69) is 5.32 Å². The Balaban J connectivity index is 2.56. The van der Waals surface area contributed by atoms with Crippen molar-refractivity contribution in [3.8, 4) is 11.5 Å². The molecule has 0 saturated carbocycles. The third-order valence-electron chi connectivity index (χ3n) is 2.96. The Morgan fingerprint density at radius 2 is 2.00 bits per heavy atom. The minimum Gasteiger partial charge on any atom is -0.493 e. The highest BCUT2D eigenvalue weighted by Crippen LogP contribution is 2.27. The lowest BCUT2D eigenvalue weighted by Gasteiger charge is -2.13. The standard InChI is InChI=1S/C14H21NO4/c1-4-11(14(16)17)15-8-7-10-5-6-12(18-2)13(9-10)19-3/h5-6,9,11,15H,4,7-8H2,1-3H3,(H,16,17). The molecule has 0 radical (unpaired) electrons. The zero-order chi connectivity index (χ0) is 14.3. The lowest BCUT2D eigenvalue weighted by molar-refractivity contribution is -0.139. The van der Waals surface area contributed by atoms with Crippen LogP contribution in [0.25, 0.3) is 0 Å². The van der Waals surface area contributed by atoms with Crippen molar-refractivity contribution in [1.29, 1.82) is 0 Å². The first-order valence-corrected chi connectivity index (χ1v) is 6.29. The maximum absolute atomic E-state index is 10.9. The van der Waals surface area contributed by atoms with Gasteiger partial charge in [0.1, 0.15) is 6.04 Å². The van der Waals surface area contributed by atoms with Gasteiger partial charge in [0.2, 0.25) is 0 Å². The highest BCUT2D eigenvalue weighted by atomic mass is 16.5. The second-order valence-corrected chi connectivity index (χ2v) is 4.19. The van der Waals surface area contributed by atoms with Crippen molar-refractivity contribution in [2.45, 2.75) is 25.8 Å². The summed E-state index contributed by atoms with van der Waals surface area (Å²) >= 11 is 0. The van der Waals surface area contributed by atoms with Crippen LogP contribution in [0.3, 0.4) is 0 Å². The monoisotopic (exact) mass is 267 g/mol. The third-order valence-corrected chi connectivity index (χ3v) is 2.96. The molecule has 0 aliphatic rings. The molecule has 0 saturated heterocycles. The van der Waals surface area contributed by atoms with Crippen molar-refractivity contribution in [2.75, 3.05) is 20.8 Å². The van der Waals surface area contributed by atoms with Crippen molar-refractivity contribution in [1.82, 2.24) is 5.32 Å². The van der Waals surface area contributed by atoms with Gasteiger partial charge in [-0.2, -0.15) is 0 Å². The van der Waals surface area contributed by atoms with Crippen LogP contribution in [0.15, 0.2) is 18.2 Å². The summed E-state index contributed by atoms with van der Waals surface area (Å²) in [5, 5.41) is 11.9. The molecule has 5 nitrogen and oxygen atoms in total. The van der Waals surface area contributed by atoms with Crippen LogP contribution in [0.2, 0.25) is 0 Å². The summed E-state index contributed by atoms with van der Waals surface area (Å²) in [7, 11) is 3.19. The van der Waals surface area contributed by atoms with Crippen molar-refractivity contribution in [3.63, 3.8) is 0 Å². The van der Waals surface area contributed by atoms with E-state index in [1.165, 1.54) is 0 Å². The van der Waals surface area contributed by atoms with Crippen molar-refractivity contribution in [3.05, 3.63) is 23.8 Å². The summed E-state index contributed by atoms with van der Waals surface area (Å²) in [6.07, 6.45) is 1.31. The molecule has 1 aromatic carbocycles. The molecule has 0 aromatic heterocycles. The number of methoxy groups -OCH3 is 2. The predicted molar refractivity (Wildman–Crippen MR) is 73.0 cm³/mol. The van der Waals surface area contributed by atoms with Crippen LogP contribution in [0.5, 0.6) is 11.5 Å². The average Bonchev–Trinajstić information content (AvgIpc) is 2.42. The zero-order valence-electron chi connectivity index (χ0n) is 11.6. The van der Waals surface area contributed by atoms with Gasteiger partial charge in [0, 0.05) is 0 Å². The van der Waals surface area contributed by atoms with Gasteiger partial charge in [0.25, 0.3) is 0 Å². The number of hydrogen-bond acceptors (Lipinski definition) is 4. The fourth-order valence-electron chi connectivity index (χ4n) is 1.83. The summed E-state index contributed by atoms with van der Waals surface area (Å²) in [6.45, 7) is 2.46. The SMILES string of the molecule is CCC(NCCc1ccc(OC)c(OC)c1)C(=O)O. The summed E-state index contributed by atoms with van der Waals surface area (Å²) < 4.78 is 10.4. The molecular weight excluding hydrogens is 246 g/mol. The summed E-state index contributed by atoms with van der Waals surface area (Å²) in [5.41, 5.74) is 1.07. The minimum atomic E-state index is -0.810. The topological polar surface area (TPSA) is 67.8 Å². The first-order valence-electron chi connectivity index (χ1n) is 6.29. The largest absolute Gasteiger partial charge is 0.493 e. The smallest absolute Gasteiger partial charge is 0.320 e. The molecule has 0 fully saturated rings. The predicted octanol–water partition coefficient (Wildman–Crippen LogP) is 1.70. The molecule has 0 aliphatic heterocycles. The third kappa shape index (κ3) is 4.44. The summed E-state index contributed by atoms with van der Waals surface area (Å²) in [4.78, 5) is 10.9. The fraction of sp³-hybridized carbons (Fsp3) is 0.500. The average molecular weight is 267 g/mol. The molecule has 0 spiro atoms. The van der Waals surface area contributed by atoms with Crippen molar-refractivity contribution >= 4 is 5.97 Å². The number of carbonyl (C=O) groups is 1. The molecule has 0 heterocycles. The number of ether oxygens (including phenoxy) is 2. The quantitative estimate of drug-likeness (QED) is 0.750. The number of carboxylic acids is 1. The summed E-state index contributed by atoms with van der Waals surface area (Å²) in [5.74, 6) is 0.566. The lowest BCUT2D eigenvalue weighted by atomic mass is 10.1. The van der Waals surface area contributed by atoms with Gasteiger partial charge in [-0.1, -0.05) is 13.0 Å². The van der Waals surface area contributed by atoms with Crippen LogP contribution < -0.4 is 14.8 Å². The Morgan fingerprint density at radius 3 is 2.53 bits per heavy atom. The molecule has 1 rings (SSSR count). The first-order chi connectivity index (χ1) is 9.12. The Hall–Kier alpha value is -1.75. The van der Waals surface area contributed by atoms with Gasteiger partial charge in [-0.25, -0.2) is 0 Å². The molecule has 5 heteroatoms. The summed E-state index contributed by atoms with van der Waals surface area (Å²) in [6, 6.07) is 5.22. The minimum absolute atomic E-state index is 0.486. The van der Waals surface area contributed by atoms with Crippen LogP contribution in [-0.4, -0.2) is 37.9 Å². The van der Waals surface area contributed by atoms with Crippen LogP contribution in [-0.2, 0) is 11.2 Å². The van der Waals surface area contributed by atoms with Gasteiger partial charge in [0.15, 0.2) is 11.5 Å². The molecule has 0 aliphatic carbocycles. The van der Waals surface area contributed by atoms with Crippen molar-refractivity contribution in [2.24, 2.45) is 0 Å². The molecule has 106 valence electrons. The van der Waals surface area contributed by atoms with E-state index in [9.17, 15) is 4.79 Å². The van der Waals surface area contributed by atoms with Crippen LogP contribution >= 0.6 is 0 Å². The Bertz CT molecular complexity index is 420. The number of benzene rings is 1. The van der Waals surface area contributed by atoms with E-state index in [4.69, 9.17) is 14.6 Å². The Kier molecular flexibility index (Phi) is 6.15. The van der Waals surface area contributed by atoms with Crippen LogP contribution in [0, 0.1) is 0 Å². The molecule has 0 bridgehead atoms. The number of rotatable bonds is 8. The molecular formula is C14H21NO4. The van der Waals surface area contributed by atoms with E-state index in [0.717, 1.165) is 12.0 Å². The second kappa shape index (κ2) is 7.63. The zero-order valence-corrected chi connectivity index (χ0v) is 11.6. The van der Waals surface area contributed by atoms with Crippen LogP contribution in [0.1, 0.15) is 18.9 Å². The number of aliphatic carboxylic acids is 1. The maximum atomic E-state index is 10.9. The number of hydrogen-bond donors (Lipinski definition) is 2. The van der Waals surface area contributed by atoms with Gasteiger partial charge in [-0.05, 0) is 37.1 Å². The second-order valence-electron chi connectivity index (χ2n) is 4.19. The van der Waals surface area contributed by atoms with Gasteiger partial charge in [-0.15, -0.1) is 0 Å². The van der Waals surface area contributed by atoms with Gasteiger partial charge in [-0.3, -0.25) is 4.79 Å². The van der Waals surface area contributed by atoms with Crippen molar-refractivity contribution < 1.29 is 19.4 Å². The number of carboxylic acid groups (broad SMARTS) is 1. The first kappa shape index (κ1) is 15.3. The molecule has 2 N–H and O–H groups in total. The van der Waals surface area contributed by atoms with E-state index in [1.54, 1.807) is 14.2 Å². The molecule has 0 amide bonds. The normalized spacial score (nSPS) is 11.9. The van der Waals surface area contributed by atoms with E-state index < -0.39 is 12.0 Å². The Labute approximate surface area is 113 Å². The van der Waals surface area contributed by atoms with E-state index in [0.29, 0.717) is 24.5 Å². The fourth-order valence-corrected chi connectivity index (χ4v) is 1.83. The highest BCUT2D eigenvalue weighted by molar-refractivity contribution is 5.73. The van der Waals surface area contributed by atoms with Gasteiger partial charge < -0.3 is 19.9 Å². The highest BCUT2D eigenvalue weighted by Gasteiger charge is 2.13. The lowest BCUT2D eigenvalue weighted by Crippen LogP contribution is -2.37. The van der Waals surface area contributed by atoms with Crippen LogP contribution in [0.4, 0.5) is 0 Å². The molecule has 1 aromatic rings. The van der Waals surface area contributed by atoms with E-state index >= 15 is 0 Å². The molecule has 1 atom stereocenters. The van der Waals surface area contributed by atoms with E-state index in [-0.39, 0.29) is 0 Å². The number of nitrogens with one attached hydrogen (secondary N) is 1. The van der Waals surface area contributed by atoms with E-state index in [1.807, 2.05) is 25.1 Å². The molecule has 1 unspecified atom stereocenters. The molecule has 19 heavy (non-hydrogen) atoms. The van der Waals surface area contributed by atoms with Gasteiger partial charge in [0.05, 0.1) is 14.2 Å².